The Kier molecular flexibility index (Phi) is 6.83. The molecule has 0 atom stereocenters. The Morgan fingerprint density at radius 3 is 2.63 bits per heavy atom. The molecule has 0 spiro atoms. The summed E-state index contributed by atoms with van der Waals surface area (Å²) in [6, 6.07) is 0. The Hall–Kier alpha value is -0.580. The molecule has 0 bridgehead atoms. The zero-order valence-corrected chi connectivity index (χ0v) is 14.0. The summed E-state index contributed by atoms with van der Waals surface area (Å²) < 4.78 is 0. The Labute approximate surface area is 125 Å². The largest absolute Gasteiger partial charge is 0.354 e. The van der Waals surface area contributed by atoms with Crippen molar-refractivity contribution in [2.24, 2.45) is 5.92 Å². The monoisotopic (exact) mass is 301 g/mol. The van der Waals surface area contributed by atoms with Crippen molar-refractivity contribution < 1.29 is 0 Å². The van der Waals surface area contributed by atoms with Crippen LogP contribution < -0.4 is 10.2 Å². The van der Waals surface area contributed by atoms with Crippen molar-refractivity contribution >= 4 is 34.1 Å². The molecule has 1 heterocycles. The third-order valence-electron chi connectivity index (χ3n) is 2.79. The number of nitrogens with one attached hydrogen (secondary N) is 1. The first-order valence-corrected chi connectivity index (χ1v) is 7.90. The average Bonchev–Trinajstić information content (AvgIpc) is 2.70. The topological polar surface area (TPSA) is 28.2 Å². The molecule has 0 unspecified atom stereocenters. The molecule has 108 valence electrons. The van der Waals surface area contributed by atoms with Crippen molar-refractivity contribution in [3.63, 3.8) is 0 Å². The maximum absolute atomic E-state index is 6.21. The first-order chi connectivity index (χ1) is 8.95. The fourth-order valence-electron chi connectivity index (χ4n) is 1.58. The molecule has 3 nitrogen and oxygen atoms in total. The minimum atomic E-state index is 0.505. The fourth-order valence-corrected chi connectivity index (χ4v) is 2.74. The van der Waals surface area contributed by atoms with Crippen molar-refractivity contribution in [1.82, 2.24) is 10.3 Å². The van der Waals surface area contributed by atoms with Gasteiger partial charge >= 0.3 is 0 Å². The first-order valence-electron chi connectivity index (χ1n) is 6.70. The molecule has 0 saturated heterocycles. The molecule has 1 aromatic heterocycles. The number of hydrogen-bond donors (Lipinski definition) is 1. The van der Waals surface area contributed by atoms with Gasteiger partial charge in [0.15, 0.2) is 5.13 Å². The summed E-state index contributed by atoms with van der Waals surface area (Å²) in [5.74, 6) is 0.505. The van der Waals surface area contributed by atoms with E-state index in [4.69, 9.17) is 11.6 Å². The lowest BCUT2D eigenvalue weighted by atomic mass is 10.0. The number of halogens is 1. The van der Waals surface area contributed by atoms with Crippen LogP contribution in [0.5, 0.6) is 0 Å². The fraction of sp³-hybridized carbons (Fsp3) is 0.643. The number of thiazole rings is 1. The smallest absolute Gasteiger partial charge is 0.186 e. The third kappa shape index (κ3) is 5.13. The predicted molar refractivity (Wildman–Crippen MR) is 87.4 cm³/mol. The van der Waals surface area contributed by atoms with Gasteiger partial charge in [-0.25, -0.2) is 4.98 Å². The van der Waals surface area contributed by atoms with Crippen LogP contribution in [-0.4, -0.2) is 32.2 Å². The van der Waals surface area contributed by atoms with E-state index >= 15 is 0 Å². The lowest BCUT2D eigenvalue weighted by molar-refractivity contribution is 0.657. The minimum Gasteiger partial charge on any atom is -0.354 e. The molecule has 0 radical (unpaired) electrons. The van der Waals surface area contributed by atoms with E-state index in [0.29, 0.717) is 11.1 Å². The van der Waals surface area contributed by atoms with Crippen LogP contribution in [0.3, 0.4) is 0 Å². The lowest BCUT2D eigenvalue weighted by Gasteiger charge is -2.12. The van der Waals surface area contributed by atoms with Crippen LogP contribution in [-0.2, 0) is 0 Å². The molecule has 5 heteroatoms. The number of hydrogen-bond acceptors (Lipinski definition) is 4. The van der Waals surface area contributed by atoms with Gasteiger partial charge in [-0.15, -0.1) is 0 Å². The molecule has 0 amide bonds. The summed E-state index contributed by atoms with van der Waals surface area (Å²) in [6.45, 7) is 8.55. The van der Waals surface area contributed by atoms with Gasteiger partial charge in [0.25, 0.3) is 0 Å². The van der Waals surface area contributed by atoms with E-state index in [0.717, 1.165) is 29.5 Å². The number of rotatable bonds is 7. The highest BCUT2D eigenvalue weighted by Gasteiger charge is 2.11. The van der Waals surface area contributed by atoms with Gasteiger partial charge in [0.1, 0.15) is 5.15 Å². The summed E-state index contributed by atoms with van der Waals surface area (Å²) in [5, 5.41) is 4.99. The maximum atomic E-state index is 6.21. The van der Waals surface area contributed by atoms with Crippen LogP contribution in [0.25, 0.3) is 6.08 Å². The zero-order chi connectivity index (χ0) is 14.4. The van der Waals surface area contributed by atoms with Crippen LogP contribution >= 0.6 is 22.9 Å². The summed E-state index contributed by atoms with van der Waals surface area (Å²) in [5.41, 5.74) is 1.37. The third-order valence-corrected chi connectivity index (χ3v) is 4.37. The number of nitrogens with zero attached hydrogens (tertiary/aromatic N) is 2. The standard InChI is InChI=1S/C14H24ClN3S/c1-6-7-16-9-11(10(2)3)8-12-13(15)17-14(19-12)18(4)5/h8,10,16H,6-7,9H2,1-5H3. The molecule has 0 aliphatic carbocycles. The summed E-state index contributed by atoms with van der Waals surface area (Å²) in [6.07, 6.45) is 3.33. The van der Waals surface area contributed by atoms with E-state index in [2.05, 4.69) is 37.1 Å². The Morgan fingerprint density at radius 2 is 2.16 bits per heavy atom. The molecule has 0 aromatic carbocycles. The second-order valence-electron chi connectivity index (χ2n) is 5.10. The van der Waals surface area contributed by atoms with E-state index in [1.807, 2.05) is 19.0 Å². The summed E-state index contributed by atoms with van der Waals surface area (Å²) in [4.78, 5) is 7.40. The highest BCUT2D eigenvalue weighted by molar-refractivity contribution is 7.17. The van der Waals surface area contributed by atoms with Crippen LogP contribution in [0.2, 0.25) is 5.15 Å². The van der Waals surface area contributed by atoms with Gasteiger partial charge in [0.2, 0.25) is 0 Å². The van der Waals surface area contributed by atoms with Crippen LogP contribution in [0.1, 0.15) is 32.1 Å². The first kappa shape index (κ1) is 16.5. The normalized spacial score (nSPS) is 12.3. The van der Waals surface area contributed by atoms with Crippen molar-refractivity contribution in [3.8, 4) is 0 Å². The second kappa shape index (κ2) is 7.88. The zero-order valence-electron chi connectivity index (χ0n) is 12.5. The van der Waals surface area contributed by atoms with Gasteiger partial charge in [-0.05, 0) is 25.0 Å². The molecular formula is C14H24ClN3S. The van der Waals surface area contributed by atoms with Crippen molar-refractivity contribution in [2.45, 2.75) is 27.2 Å². The summed E-state index contributed by atoms with van der Waals surface area (Å²) in [7, 11) is 3.96. The average molecular weight is 302 g/mol. The van der Waals surface area contributed by atoms with Crippen molar-refractivity contribution in [3.05, 3.63) is 15.6 Å². The Bertz CT molecular complexity index is 424. The van der Waals surface area contributed by atoms with Crippen molar-refractivity contribution in [1.29, 1.82) is 0 Å². The lowest BCUT2D eigenvalue weighted by Crippen LogP contribution is -2.19. The van der Waals surface area contributed by atoms with Crippen LogP contribution in [0.4, 0.5) is 5.13 Å². The van der Waals surface area contributed by atoms with Crippen LogP contribution in [0.15, 0.2) is 5.57 Å². The highest BCUT2D eigenvalue weighted by atomic mass is 35.5. The summed E-state index contributed by atoms with van der Waals surface area (Å²) >= 11 is 7.84. The van der Waals surface area contributed by atoms with Gasteiger partial charge < -0.3 is 10.2 Å². The molecule has 0 saturated carbocycles. The highest BCUT2D eigenvalue weighted by Crippen LogP contribution is 2.31. The molecule has 0 aliphatic heterocycles. The van der Waals surface area contributed by atoms with Crippen molar-refractivity contribution in [2.75, 3.05) is 32.1 Å². The molecule has 0 aliphatic rings. The van der Waals surface area contributed by atoms with Gasteiger partial charge in [0.05, 0.1) is 4.88 Å². The SMILES string of the molecule is CCCNCC(=Cc1sc(N(C)C)nc1Cl)C(C)C. The van der Waals surface area contributed by atoms with Crippen LogP contribution in [0, 0.1) is 5.92 Å². The quantitative estimate of drug-likeness (QED) is 0.774. The number of anilines is 1. The minimum absolute atomic E-state index is 0.505. The van der Waals surface area contributed by atoms with Gasteiger partial charge in [-0.2, -0.15) is 0 Å². The molecule has 0 fully saturated rings. The van der Waals surface area contributed by atoms with E-state index in [9.17, 15) is 0 Å². The van der Waals surface area contributed by atoms with E-state index in [-0.39, 0.29) is 0 Å². The molecular weight excluding hydrogens is 278 g/mol. The molecule has 1 aromatic rings. The Morgan fingerprint density at radius 1 is 1.47 bits per heavy atom. The Balaban J connectivity index is 2.88. The van der Waals surface area contributed by atoms with Gasteiger partial charge in [0, 0.05) is 20.6 Å². The van der Waals surface area contributed by atoms with E-state index in [1.165, 1.54) is 5.57 Å². The second-order valence-corrected chi connectivity index (χ2v) is 6.46. The molecule has 1 N–H and O–H groups in total. The number of aromatic nitrogens is 1. The van der Waals surface area contributed by atoms with E-state index < -0.39 is 0 Å². The predicted octanol–water partition coefficient (Wildman–Crippen LogP) is 3.90. The molecule has 19 heavy (non-hydrogen) atoms. The molecule has 1 rings (SSSR count). The maximum Gasteiger partial charge on any atom is 0.186 e. The van der Waals surface area contributed by atoms with E-state index in [1.54, 1.807) is 11.3 Å². The van der Waals surface area contributed by atoms with Gasteiger partial charge in [-0.1, -0.05) is 49.3 Å². The van der Waals surface area contributed by atoms with Gasteiger partial charge in [-0.3, -0.25) is 0 Å².